The molecule has 0 heterocycles. The zero-order valence-electron chi connectivity index (χ0n) is 15.1. The number of benzene rings is 1. The van der Waals surface area contributed by atoms with E-state index in [1.54, 1.807) is 25.3 Å². The lowest BCUT2D eigenvalue weighted by molar-refractivity contribution is -0.142. The van der Waals surface area contributed by atoms with Crippen molar-refractivity contribution in [3.05, 3.63) is 23.8 Å². The van der Waals surface area contributed by atoms with Crippen molar-refractivity contribution in [3.8, 4) is 11.5 Å². The average molecular weight is 349 g/mol. The maximum atomic E-state index is 12.5. The Balaban J connectivity index is 1.96. The van der Waals surface area contributed by atoms with Gasteiger partial charge in [-0.1, -0.05) is 13.8 Å². The molecular formula is C19H27NO5. The van der Waals surface area contributed by atoms with Gasteiger partial charge in [0.15, 0.2) is 11.5 Å². The molecule has 1 aliphatic carbocycles. The van der Waals surface area contributed by atoms with E-state index in [-0.39, 0.29) is 17.9 Å². The molecule has 1 saturated carbocycles. The minimum absolute atomic E-state index is 0.0194. The number of methoxy groups -OCH3 is 1. The number of rotatable bonds is 7. The molecule has 25 heavy (non-hydrogen) atoms. The molecule has 2 rings (SSSR count). The molecule has 0 aromatic heterocycles. The molecule has 6 heteroatoms. The first kappa shape index (κ1) is 19.1. The van der Waals surface area contributed by atoms with E-state index in [2.05, 4.69) is 19.2 Å². The van der Waals surface area contributed by atoms with Gasteiger partial charge in [-0.3, -0.25) is 9.59 Å². The molecule has 2 N–H and O–H groups in total. The molecule has 0 unspecified atom stereocenters. The number of carbonyl (C=O) groups excluding carboxylic acids is 1. The highest BCUT2D eigenvalue weighted by atomic mass is 16.5. The number of carbonyl (C=O) groups is 2. The second kappa shape index (κ2) is 8.74. The van der Waals surface area contributed by atoms with Crippen LogP contribution in [0, 0.1) is 11.8 Å². The molecule has 1 aromatic carbocycles. The van der Waals surface area contributed by atoms with Gasteiger partial charge in [-0.15, -0.1) is 0 Å². The lowest BCUT2D eigenvalue weighted by Gasteiger charge is -2.26. The van der Waals surface area contributed by atoms with Crippen molar-refractivity contribution >= 4 is 11.9 Å². The van der Waals surface area contributed by atoms with Crippen molar-refractivity contribution in [1.29, 1.82) is 0 Å². The van der Waals surface area contributed by atoms with E-state index in [4.69, 9.17) is 14.6 Å². The standard InChI is InChI=1S/C19H27NO5/c1-12(2)11-25-16-9-6-14(10-17(16)24-3)18(21)20-15-7-4-13(5-8-15)19(22)23/h6,9-10,12-13,15H,4-5,7-8,11H2,1-3H3,(H,20,21)(H,22,23). The zero-order valence-corrected chi connectivity index (χ0v) is 15.1. The fourth-order valence-corrected chi connectivity index (χ4v) is 2.94. The normalized spacial score (nSPS) is 20.2. The first-order valence-electron chi connectivity index (χ1n) is 8.75. The van der Waals surface area contributed by atoms with Crippen molar-refractivity contribution in [2.75, 3.05) is 13.7 Å². The number of ether oxygens (including phenoxy) is 2. The Morgan fingerprint density at radius 3 is 2.44 bits per heavy atom. The highest BCUT2D eigenvalue weighted by Crippen LogP contribution is 2.29. The second-order valence-corrected chi connectivity index (χ2v) is 6.93. The monoisotopic (exact) mass is 349 g/mol. The highest BCUT2D eigenvalue weighted by molar-refractivity contribution is 5.95. The first-order valence-corrected chi connectivity index (χ1v) is 8.75. The quantitative estimate of drug-likeness (QED) is 0.790. The van der Waals surface area contributed by atoms with Gasteiger partial charge in [-0.05, 0) is 49.8 Å². The SMILES string of the molecule is COc1cc(C(=O)NC2CCC(C(=O)O)CC2)ccc1OCC(C)C. The van der Waals surface area contributed by atoms with Crippen LogP contribution in [-0.2, 0) is 4.79 Å². The van der Waals surface area contributed by atoms with E-state index in [0.29, 0.717) is 55.3 Å². The lowest BCUT2D eigenvalue weighted by Crippen LogP contribution is -2.38. The largest absolute Gasteiger partial charge is 0.493 e. The molecule has 0 atom stereocenters. The molecule has 138 valence electrons. The molecule has 0 radical (unpaired) electrons. The third-order valence-electron chi connectivity index (χ3n) is 4.41. The van der Waals surface area contributed by atoms with E-state index in [1.807, 2.05) is 0 Å². The van der Waals surface area contributed by atoms with Crippen LogP contribution in [-0.4, -0.2) is 36.7 Å². The van der Waals surface area contributed by atoms with Gasteiger partial charge in [-0.2, -0.15) is 0 Å². The first-order chi connectivity index (χ1) is 11.9. The molecule has 0 saturated heterocycles. The summed E-state index contributed by atoms with van der Waals surface area (Å²) < 4.78 is 11.0. The van der Waals surface area contributed by atoms with Crippen molar-refractivity contribution in [3.63, 3.8) is 0 Å². The molecule has 0 bridgehead atoms. The molecule has 6 nitrogen and oxygen atoms in total. The average Bonchev–Trinajstić information content (AvgIpc) is 2.60. The fraction of sp³-hybridized carbons (Fsp3) is 0.579. The number of amides is 1. The number of nitrogens with one attached hydrogen (secondary N) is 1. The van der Waals surface area contributed by atoms with Crippen LogP contribution in [0.25, 0.3) is 0 Å². The maximum Gasteiger partial charge on any atom is 0.306 e. The molecule has 1 fully saturated rings. The zero-order chi connectivity index (χ0) is 18.4. The predicted octanol–water partition coefficient (Wildman–Crippen LogP) is 3.10. The second-order valence-electron chi connectivity index (χ2n) is 6.93. The molecule has 1 aliphatic rings. The predicted molar refractivity (Wildman–Crippen MR) is 94.2 cm³/mol. The number of hydrogen-bond acceptors (Lipinski definition) is 4. The van der Waals surface area contributed by atoms with Crippen LogP contribution in [0.2, 0.25) is 0 Å². The third kappa shape index (κ3) is 5.37. The van der Waals surface area contributed by atoms with Gasteiger partial charge in [0.25, 0.3) is 5.91 Å². The maximum absolute atomic E-state index is 12.5. The number of hydrogen-bond donors (Lipinski definition) is 2. The topological polar surface area (TPSA) is 84.9 Å². The summed E-state index contributed by atoms with van der Waals surface area (Å²) in [6.45, 7) is 4.70. The van der Waals surface area contributed by atoms with Crippen molar-refractivity contribution in [2.24, 2.45) is 11.8 Å². The van der Waals surface area contributed by atoms with Crippen LogP contribution in [0.5, 0.6) is 11.5 Å². The Bertz CT molecular complexity index is 606. The summed E-state index contributed by atoms with van der Waals surface area (Å²) in [5, 5.41) is 12.0. The molecule has 1 aromatic rings. The van der Waals surface area contributed by atoms with Gasteiger partial charge in [0.1, 0.15) is 0 Å². The van der Waals surface area contributed by atoms with Gasteiger partial charge in [-0.25, -0.2) is 0 Å². The summed E-state index contributed by atoms with van der Waals surface area (Å²) in [5.74, 6) is 0.343. The third-order valence-corrected chi connectivity index (χ3v) is 4.41. The Kier molecular flexibility index (Phi) is 6.67. The highest BCUT2D eigenvalue weighted by Gasteiger charge is 2.27. The molecule has 0 spiro atoms. The van der Waals surface area contributed by atoms with Gasteiger partial charge < -0.3 is 19.9 Å². The van der Waals surface area contributed by atoms with Crippen LogP contribution >= 0.6 is 0 Å². The lowest BCUT2D eigenvalue weighted by atomic mass is 9.86. The number of carboxylic acid groups (broad SMARTS) is 1. The van der Waals surface area contributed by atoms with E-state index < -0.39 is 5.97 Å². The van der Waals surface area contributed by atoms with Crippen molar-refractivity contribution < 1.29 is 24.2 Å². The minimum atomic E-state index is -0.744. The van der Waals surface area contributed by atoms with Crippen LogP contribution in [0.3, 0.4) is 0 Å². The van der Waals surface area contributed by atoms with Crippen molar-refractivity contribution in [2.45, 2.75) is 45.6 Å². The summed E-state index contributed by atoms with van der Waals surface area (Å²) in [5.41, 5.74) is 0.508. The Hall–Kier alpha value is -2.24. The molecule has 0 aliphatic heterocycles. The molecule has 1 amide bonds. The summed E-state index contributed by atoms with van der Waals surface area (Å²) in [7, 11) is 1.55. The Labute approximate surface area is 148 Å². The Morgan fingerprint density at radius 1 is 1.20 bits per heavy atom. The Morgan fingerprint density at radius 2 is 1.88 bits per heavy atom. The number of carboxylic acids is 1. The number of aliphatic carboxylic acids is 1. The van der Waals surface area contributed by atoms with E-state index >= 15 is 0 Å². The summed E-state index contributed by atoms with van der Waals surface area (Å²) >= 11 is 0. The van der Waals surface area contributed by atoms with Gasteiger partial charge in [0.05, 0.1) is 19.6 Å². The minimum Gasteiger partial charge on any atom is -0.493 e. The smallest absolute Gasteiger partial charge is 0.306 e. The van der Waals surface area contributed by atoms with E-state index in [9.17, 15) is 9.59 Å². The summed E-state index contributed by atoms with van der Waals surface area (Å²) in [6, 6.07) is 5.16. The van der Waals surface area contributed by atoms with Crippen LogP contribution in [0.4, 0.5) is 0 Å². The van der Waals surface area contributed by atoms with E-state index in [0.717, 1.165) is 0 Å². The van der Waals surface area contributed by atoms with Gasteiger partial charge in [0.2, 0.25) is 0 Å². The van der Waals surface area contributed by atoms with Crippen molar-refractivity contribution in [1.82, 2.24) is 5.32 Å². The summed E-state index contributed by atoms with van der Waals surface area (Å²) in [6.07, 6.45) is 2.59. The van der Waals surface area contributed by atoms with Gasteiger partial charge >= 0.3 is 5.97 Å². The summed E-state index contributed by atoms with van der Waals surface area (Å²) in [4.78, 5) is 23.4. The van der Waals surface area contributed by atoms with Crippen LogP contribution < -0.4 is 14.8 Å². The van der Waals surface area contributed by atoms with Gasteiger partial charge in [0, 0.05) is 11.6 Å². The molecular weight excluding hydrogens is 322 g/mol. The van der Waals surface area contributed by atoms with Crippen LogP contribution in [0.1, 0.15) is 49.9 Å². The van der Waals surface area contributed by atoms with Crippen LogP contribution in [0.15, 0.2) is 18.2 Å². The van der Waals surface area contributed by atoms with E-state index in [1.165, 1.54) is 0 Å². The fourth-order valence-electron chi connectivity index (χ4n) is 2.94.